The molecule has 5 heavy (non-hydrogen) atoms. The second-order valence-electron chi connectivity index (χ2n) is 0.803. The average molecular weight is 158 g/mol. The molecule has 0 aromatic carbocycles. The third kappa shape index (κ3) is 68.7. The van der Waals surface area contributed by atoms with Crippen LogP contribution in [-0.4, -0.2) is 27.1 Å². The van der Waals surface area contributed by atoms with Gasteiger partial charge in [0.25, 0.3) is 0 Å². The first-order chi connectivity index (χ1) is 2.00. The van der Waals surface area contributed by atoms with E-state index in [1.165, 1.54) is 6.66 Å². The Morgan fingerprint density at radius 1 is 2.00 bits per heavy atom. The summed E-state index contributed by atoms with van der Waals surface area (Å²) in [5.74, 6) is 0. The molecule has 4 heteroatoms. The van der Waals surface area contributed by atoms with E-state index < -0.39 is 6.06 Å². The first kappa shape index (κ1) is 5.71. The summed E-state index contributed by atoms with van der Waals surface area (Å²) in [6, 6.07) is -2.76. The SMILES string of the molecule is CP(=O)(O)[Se]. The minimum absolute atomic E-state index is 1.24. The van der Waals surface area contributed by atoms with Crippen molar-refractivity contribution in [3.63, 3.8) is 0 Å². The second-order valence-corrected chi connectivity index (χ2v) is 6.67. The van der Waals surface area contributed by atoms with Crippen molar-refractivity contribution in [1.82, 2.24) is 0 Å². The van der Waals surface area contributed by atoms with Crippen molar-refractivity contribution in [2.45, 2.75) is 0 Å². The van der Waals surface area contributed by atoms with Gasteiger partial charge in [0.1, 0.15) is 0 Å². The molecule has 1 N–H and O–H groups in total. The molecule has 0 aromatic heterocycles. The molecule has 1 atom stereocenters. The molecule has 0 saturated heterocycles. The Balaban J connectivity index is 3.47. The van der Waals surface area contributed by atoms with E-state index >= 15 is 0 Å². The molecular weight excluding hydrogens is 154 g/mol. The van der Waals surface area contributed by atoms with E-state index in [-0.39, 0.29) is 0 Å². The molecule has 0 bridgehead atoms. The van der Waals surface area contributed by atoms with Crippen LogP contribution in [0.4, 0.5) is 0 Å². The van der Waals surface area contributed by atoms with E-state index in [4.69, 9.17) is 4.89 Å². The summed E-state index contributed by atoms with van der Waals surface area (Å²) in [6.07, 6.45) is 0. The maximum absolute atomic E-state index is 9.72. The summed E-state index contributed by atoms with van der Waals surface area (Å²) < 4.78 is 9.72. The van der Waals surface area contributed by atoms with E-state index in [1.54, 1.807) is 0 Å². The van der Waals surface area contributed by atoms with E-state index in [1.807, 2.05) is 0 Å². The summed E-state index contributed by atoms with van der Waals surface area (Å²) in [4.78, 5) is 8.02. The number of rotatable bonds is 0. The average Bonchev–Trinajstić information content (AvgIpc) is 0.722. The molecule has 0 heterocycles. The van der Waals surface area contributed by atoms with E-state index in [0.717, 1.165) is 0 Å². The van der Waals surface area contributed by atoms with Gasteiger partial charge in [0, 0.05) is 0 Å². The molecule has 0 aliphatic rings. The summed E-state index contributed by atoms with van der Waals surface area (Å²) in [5, 5.41) is 0. The Morgan fingerprint density at radius 3 is 2.00 bits per heavy atom. The monoisotopic (exact) mass is 159 g/mol. The number of hydrogen-bond donors (Lipinski definition) is 1. The zero-order chi connectivity index (χ0) is 4.50. The molecule has 1 unspecified atom stereocenters. The Morgan fingerprint density at radius 2 is 2.00 bits per heavy atom. The van der Waals surface area contributed by atoms with Gasteiger partial charge in [-0.2, -0.15) is 0 Å². The molecule has 0 fully saturated rings. The normalized spacial score (nSPS) is 21.4. The third-order valence-electron chi connectivity index (χ3n) is 0. The van der Waals surface area contributed by atoms with Gasteiger partial charge in [-0.25, -0.2) is 0 Å². The van der Waals surface area contributed by atoms with Crippen molar-refractivity contribution < 1.29 is 9.46 Å². The summed E-state index contributed by atoms with van der Waals surface area (Å²) in [7, 11) is 0. The zero-order valence-electron chi connectivity index (χ0n) is 2.71. The molecular formula is CH4O2PSe. The van der Waals surface area contributed by atoms with Crippen molar-refractivity contribution in [1.29, 1.82) is 0 Å². The first-order valence-electron chi connectivity index (χ1n) is 1.01. The summed E-state index contributed by atoms with van der Waals surface area (Å²) in [6.45, 7) is 1.24. The molecule has 0 aromatic rings. The standard InChI is InChI=1S/CH4O2PSe/c1-4(2,3)5/h1H3,(H,2,3). The van der Waals surface area contributed by atoms with Gasteiger partial charge in [-0.05, 0) is 0 Å². The van der Waals surface area contributed by atoms with Gasteiger partial charge in [0.15, 0.2) is 0 Å². The Labute approximate surface area is 38.5 Å². The fourth-order valence-corrected chi connectivity index (χ4v) is 0. The third-order valence-corrected chi connectivity index (χ3v) is 0. The van der Waals surface area contributed by atoms with Gasteiger partial charge >= 0.3 is 37.8 Å². The van der Waals surface area contributed by atoms with Crippen molar-refractivity contribution in [2.75, 3.05) is 6.66 Å². The van der Waals surface area contributed by atoms with Crippen molar-refractivity contribution in [3.8, 4) is 0 Å². The quantitative estimate of drug-likeness (QED) is 0.397. The van der Waals surface area contributed by atoms with Gasteiger partial charge in [-0.15, -0.1) is 0 Å². The van der Waals surface area contributed by atoms with Gasteiger partial charge in [-0.1, -0.05) is 0 Å². The Hall–Kier alpha value is 0.709. The van der Waals surface area contributed by atoms with Crippen LogP contribution in [0.3, 0.4) is 0 Å². The van der Waals surface area contributed by atoms with Gasteiger partial charge in [0.2, 0.25) is 0 Å². The zero-order valence-corrected chi connectivity index (χ0v) is 5.32. The van der Waals surface area contributed by atoms with Crippen LogP contribution in [0, 0.1) is 0 Å². The van der Waals surface area contributed by atoms with Crippen LogP contribution in [-0.2, 0) is 4.57 Å². The number of hydrogen-bond acceptors (Lipinski definition) is 1. The van der Waals surface area contributed by atoms with E-state index in [0.29, 0.717) is 0 Å². The van der Waals surface area contributed by atoms with Gasteiger partial charge in [-0.3, -0.25) is 0 Å². The molecule has 0 aliphatic carbocycles. The molecule has 1 radical (unpaired) electrons. The predicted molar refractivity (Wildman–Crippen MR) is 21.5 cm³/mol. The molecule has 0 spiro atoms. The van der Waals surface area contributed by atoms with Crippen LogP contribution in [0.2, 0.25) is 0 Å². The van der Waals surface area contributed by atoms with Gasteiger partial charge in [0.05, 0.1) is 0 Å². The maximum atomic E-state index is 9.72. The molecule has 0 saturated carbocycles. The van der Waals surface area contributed by atoms with Crippen molar-refractivity contribution in [2.24, 2.45) is 0 Å². The molecule has 0 aliphatic heterocycles. The first-order valence-corrected chi connectivity index (χ1v) is 5.34. The van der Waals surface area contributed by atoms with Crippen molar-refractivity contribution in [3.05, 3.63) is 0 Å². The molecule has 0 rings (SSSR count). The summed E-state index contributed by atoms with van der Waals surface area (Å²) >= 11 is 2.09. The van der Waals surface area contributed by atoms with Crippen LogP contribution in [0.1, 0.15) is 0 Å². The summed E-state index contributed by atoms with van der Waals surface area (Å²) in [5.41, 5.74) is 0. The minimum atomic E-state index is -2.76. The van der Waals surface area contributed by atoms with Crippen LogP contribution in [0.25, 0.3) is 0 Å². The fourth-order valence-electron chi connectivity index (χ4n) is 0. The van der Waals surface area contributed by atoms with E-state index in [9.17, 15) is 4.57 Å². The second kappa shape index (κ2) is 1.44. The Bertz CT molecular complexity index is 55.8. The Kier molecular flexibility index (Phi) is 1.64. The van der Waals surface area contributed by atoms with Crippen LogP contribution in [0.5, 0.6) is 0 Å². The van der Waals surface area contributed by atoms with Crippen LogP contribution in [0.15, 0.2) is 0 Å². The van der Waals surface area contributed by atoms with Crippen molar-refractivity contribution >= 4 is 21.6 Å². The topological polar surface area (TPSA) is 37.3 Å². The van der Waals surface area contributed by atoms with E-state index in [2.05, 4.69) is 15.6 Å². The van der Waals surface area contributed by atoms with Gasteiger partial charge < -0.3 is 0 Å². The molecule has 0 amide bonds. The van der Waals surface area contributed by atoms with Crippen LogP contribution >= 0.6 is 6.06 Å². The fraction of sp³-hybridized carbons (Fsp3) is 1.00. The van der Waals surface area contributed by atoms with Crippen LogP contribution < -0.4 is 0 Å². The molecule has 31 valence electrons. The predicted octanol–water partition coefficient (Wildman–Crippen LogP) is -0.0299. The molecule has 2 nitrogen and oxygen atoms in total.